The Morgan fingerprint density at radius 2 is 1.68 bits per heavy atom. The average molecular weight is 372 g/mol. The minimum Gasteiger partial charge on any atom is -0.465 e. The van der Waals surface area contributed by atoms with Crippen LogP contribution in [0.25, 0.3) is 0 Å². The van der Waals surface area contributed by atoms with Crippen LogP contribution < -0.4 is 10.5 Å². The van der Waals surface area contributed by atoms with Crippen molar-refractivity contribution >= 4 is 22.0 Å². The van der Waals surface area contributed by atoms with Crippen LogP contribution in [0.1, 0.15) is 47.4 Å². The van der Waals surface area contributed by atoms with Crippen molar-refractivity contribution < 1.29 is 27.5 Å². The first kappa shape index (κ1) is 21.1. The summed E-state index contributed by atoms with van der Waals surface area (Å²) in [4.78, 5) is 23.3. The summed E-state index contributed by atoms with van der Waals surface area (Å²) in [6.07, 6.45) is 0.924. The maximum Gasteiger partial charge on any atom is 0.339 e. The molecule has 0 saturated heterocycles. The molecule has 8 nitrogen and oxygen atoms in total. The number of carbonyl (C=O) groups is 2. The topological polar surface area (TPSA) is 125 Å². The molecule has 0 saturated carbocycles. The Kier molecular flexibility index (Phi) is 7.09. The molecular formula is C16H24N2O6S. The third-order valence-electron chi connectivity index (χ3n) is 4.19. The normalized spacial score (nSPS) is 11.9. The minimum atomic E-state index is -4.14. The number of nitrogens with two attached hydrogens (primary N) is 1. The molecule has 9 heteroatoms. The number of esters is 2. The lowest BCUT2D eigenvalue weighted by atomic mass is 9.95. The molecule has 25 heavy (non-hydrogen) atoms. The van der Waals surface area contributed by atoms with Gasteiger partial charge in [-0.1, -0.05) is 13.8 Å². The zero-order valence-corrected chi connectivity index (χ0v) is 15.6. The van der Waals surface area contributed by atoms with Gasteiger partial charge in [-0.05, 0) is 31.0 Å². The van der Waals surface area contributed by atoms with Crippen LogP contribution in [0.2, 0.25) is 0 Å². The van der Waals surface area contributed by atoms with E-state index in [1.54, 1.807) is 0 Å². The Bertz CT molecular complexity index is 733. The first-order chi connectivity index (χ1) is 11.7. The lowest BCUT2D eigenvalue weighted by molar-refractivity contribution is 0.0583. The highest BCUT2D eigenvalue weighted by Crippen LogP contribution is 2.23. The van der Waals surface area contributed by atoms with E-state index in [0.717, 1.165) is 13.2 Å². The summed E-state index contributed by atoms with van der Waals surface area (Å²) < 4.78 is 37.6. The second kappa shape index (κ2) is 8.41. The summed E-state index contributed by atoms with van der Waals surface area (Å²) >= 11 is 0. The fraction of sp³-hybridized carbons (Fsp3) is 0.500. The van der Waals surface area contributed by atoms with E-state index in [4.69, 9.17) is 5.73 Å². The molecule has 0 aliphatic rings. The van der Waals surface area contributed by atoms with Gasteiger partial charge in [-0.15, -0.1) is 0 Å². The van der Waals surface area contributed by atoms with Gasteiger partial charge in [0, 0.05) is 12.1 Å². The summed E-state index contributed by atoms with van der Waals surface area (Å²) in [7, 11) is -1.82. The number of rotatable bonds is 8. The van der Waals surface area contributed by atoms with Crippen LogP contribution in [0.3, 0.4) is 0 Å². The largest absolute Gasteiger partial charge is 0.465 e. The number of hydrogen-bond donors (Lipinski definition) is 2. The molecule has 0 radical (unpaired) electrons. The van der Waals surface area contributed by atoms with Crippen molar-refractivity contribution in [2.45, 2.75) is 37.1 Å². The molecule has 3 N–H and O–H groups in total. The molecule has 1 aromatic rings. The Morgan fingerprint density at radius 1 is 1.12 bits per heavy atom. The van der Waals surface area contributed by atoms with Gasteiger partial charge in [0.25, 0.3) is 0 Å². The van der Waals surface area contributed by atoms with E-state index < -0.39 is 27.5 Å². The van der Waals surface area contributed by atoms with Gasteiger partial charge in [-0.25, -0.2) is 22.7 Å². The van der Waals surface area contributed by atoms with Gasteiger partial charge in [-0.2, -0.15) is 0 Å². The number of nitrogens with one attached hydrogen (secondary N) is 1. The van der Waals surface area contributed by atoms with E-state index >= 15 is 0 Å². The lowest BCUT2D eigenvalue weighted by Gasteiger charge is -2.31. The first-order valence-corrected chi connectivity index (χ1v) is 9.23. The van der Waals surface area contributed by atoms with Crippen LogP contribution in [0.5, 0.6) is 0 Å². The summed E-state index contributed by atoms with van der Waals surface area (Å²) in [5, 5.41) is 0. The molecule has 1 aromatic carbocycles. The second-order valence-electron chi connectivity index (χ2n) is 5.49. The molecule has 0 spiro atoms. The van der Waals surface area contributed by atoms with Gasteiger partial charge in [-0.3, -0.25) is 0 Å². The van der Waals surface area contributed by atoms with Crippen molar-refractivity contribution in [3.63, 3.8) is 0 Å². The fourth-order valence-corrected chi connectivity index (χ4v) is 4.11. The van der Waals surface area contributed by atoms with Crippen molar-refractivity contribution in [2.24, 2.45) is 5.73 Å². The van der Waals surface area contributed by atoms with E-state index in [1.807, 2.05) is 13.8 Å². The Balaban J connectivity index is 3.54. The van der Waals surface area contributed by atoms with Crippen molar-refractivity contribution in [2.75, 3.05) is 20.8 Å². The standard InChI is InChI=1S/C16H24N2O6S/c1-5-16(6-2,10-17)18-25(21,22)13-9-11(14(19)23-3)7-8-12(13)15(20)24-4/h7-9,18H,5-6,10,17H2,1-4H3. The van der Waals surface area contributed by atoms with E-state index in [0.29, 0.717) is 12.8 Å². The van der Waals surface area contributed by atoms with Crippen molar-refractivity contribution in [1.29, 1.82) is 0 Å². The smallest absolute Gasteiger partial charge is 0.339 e. The first-order valence-electron chi connectivity index (χ1n) is 7.75. The van der Waals surface area contributed by atoms with Gasteiger partial charge < -0.3 is 15.2 Å². The predicted octanol–water partition coefficient (Wildman–Crippen LogP) is 1.06. The van der Waals surface area contributed by atoms with Gasteiger partial charge in [0.1, 0.15) is 0 Å². The molecule has 0 amide bonds. The van der Waals surface area contributed by atoms with Gasteiger partial charge in [0.2, 0.25) is 10.0 Å². The highest BCUT2D eigenvalue weighted by molar-refractivity contribution is 7.89. The van der Waals surface area contributed by atoms with Crippen LogP contribution >= 0.6 is 0 Å². The summed E-state index contributed by atoms with van der Waals surface area (Å²) in [5.41, 5.74) is 4.71. The van der Waals surface area contributed by atoms with Gasteiger partial charge in [0.05, 0.1) is 30.2 Å². The molecule has 0 aliphatic carbocycles. The molecule has 0 bridgehead atoms. The number of ether oxygens (including phenoxy) is 2. The van der Waals surface area contributed by atoms with Crippen LogP contribution in [0, 0.1) is 0 Å². The molecule has 0 fully saturated rings. The summed E-state index contributed by atoms with van der Waals surface area (Å²) in [6.45, 7) is 3.71. The summed E-state index contributed by atoms with van der Waals surface area (Å²) in [5.74, 6) is -1.55. The lowest BCUT2D eigenvalue weighted by Crippen LogP contribution is -2.52. The van der Waals surface area contributed by atoms with Crippen molar-refractivity contribution in [3.05, 3.63) is 29.3 Å². The number of sulfonamides is 1. The minimum absolute atomic E-state index is 0.00173. The van der Waals surface area contributed by atoms with Crippen LogP contribution in [0.15, 0.2) is 23.1 Å². The SMILES string of the molecule is CCC(CC)(CN)NS(=O)(=O)c1cc(C(=O)OC)ccc1C(=O)OC. The number of methoxy groups -OCH3 is 2. The number of carbonyl (C=O) groups excluding carboxylic acids is 2. The van der Waals surface area contributed by atoms with Crippen LogP contribution in [-0.2, 0) is 19.5 Å². The Morgan fingerprint density at radius 3 is 2.12 bits per heavy atom. The quantitative estimate of drug-likeness (QED) is 0.654. The van der Waals surface area contributed by atoms with Gasteiger partial charge in [0.15, 0.2) is 0 Å². The molecule has 140 valence electrons. The van der Waals surface area contributed by atoms with Crippen molar-refractivity contribution in [1.82, 2.24) is 4.72 Å². The predicted molar refractivity (Wildman–Crippen MR) is 91.8 cm³/mol. The molecule has 0 heterocycles. The molecule has 0 unspecified atom stereocenters. The van der Waals surface area contributed by atoms with Crippen molar-refractivity contribution in [3.8, 4) is 0 Å². The van der Waals surface area contributed by atoms with Crippen LogP contribution in [-0.4, -0.2) is 46.7 Å². The molecular weight excluding hydrogens is 348 g/mol. The number of hydrogen-bond acceptors (Lipinski definition) is 7. The average Bonchev–Trinajstić information content (AvgIpc) is 2.64. The molecule has 0 atom stereocenters. The Labute approximate surface area is 147 Å². The summed E-state index contributed by atoms with van der Waals surface area (Å²) in [6, 6.07) is 3.61. The fourth-order valence-electron chi connectivity index (χ4n) is 2.33. The van der Waals surface area contributed by atoms with E-state index in [9.17, 15) is 18.0 Å². The third kappa shape index (κ3) is 4.56. The Hall–Kier alpha value is -1.97. The molecule has 0 aromatic heterocycles. The number of benzene rings is 1. The highest BCUT2D eigenvalue weighted by atomic mass is 32.2. The third-order valence-corrected chi connectivity index (χ3v) is 5.81. The molecule has 0 aliphatic heterocycles. The van der Waals surface area contributed by atoms with E-state index in [-0.39, 0.29) is 22.6 Å². The van der Waals surface area contributed by atoms with Gasteiger partial charge >= 0.3 is 11.9 Å². The monoisotopic (exact) mass is 372 g/mol. The molecule has 1 rings (SSSR count). The maximum absolute atomic E-state index is 12.9. The maximum atomic E-state index is 12.9. The zero-order chi connectivity index (χ0) is 19.3. The van der Waals surface area contributed by atoms with E-state index in [1.165, 1.54) is 19.2 Å². The highest BCUT2D eigenvalue weighted by Gasteiger charge is 2.33. The van der Waals surface area contributed by atoms with Crippen LogP contribution in [0.4, 0.5) is 0 Å². The second-order valence-corrected chi connectivity index (χ2v) is 7.14. The zero-order valence-electron chi connectivity index (χ0n) is 14.8. The van der Waals surface area contributed by atoms with E-state index in [2.05, 4.69) is 14.2 Å².